The van der Waals surface area contributed by atoms with E-state index in [0.717, 1.165) is 81.5 Å². The highest BCUT2D eigenvalue weighted by molar-refractivity contribution is 8.02. The summed E-state index contributed by atoms with van der Waals surface area (Å²) in [6.45, 7) is 3.15. The molecular formula is C23H29N5OS. The zero-order valence-corrected chi connectivity index (χ0v) is 18.1. The first-order chi connectivity index (χ1) is 14.8. The van der Waals surface area contributed by atoms with Gasteiger partial charge in [-0.3, -0.25) is 0 Å². The van der Waals surface area contributed by atoms with E-state index < -0.39 is 5.41 Å². The van der Waals surface area contributed by atoms with Crippen molar-refractivity contribution in [3.8, 4) is 6.07 Å². The fourth-order valence-electron chi connectivity index (χ4n) is 4.15. The molecule has 0 atom stereocenters. The SMILES string of the molecule is N#CC1(c2ccccc2)CCN(C2=N/C(NC3CCOCC3)=C/SCC\C=N\2)CC1. The summed E-state index contributed by atoms with van der Waals surface area (Å²) in [7, 11) is 0. The molecule has 4 rings (SSSR count). The standard InChI is InChI=1S/C23H29N5OS/c24-18-23(19-5-2-1-3-6-19)9-12-28(13-10-23)22-25-11-4-16-30-17-21(27-22)26-20-7-14-29-15-8-20/h1-3,5-6,11,17,20,26H,4,7-10,12-16H2/b21-17+,25-11+,27-22+. The molecule has 1 N–H and O–H groups in total. The van der Waals surface area contributed by atoms with Gasteiger partial charge in [-0.15, -0.1) is 11.8 Å². The first-order valence-electron chi connectivity index (χ1n) is 10.8. The van der Waals surface area contributed by atoms with E-state index >= 15 is 0 Å². The zero-order valence-electron chi connectivity index (χ0n) is 17.3. The molecule has 0 amide bonds. The normalized spacial score (nSPS) is 27.2. The molecule has 7 heteroatoms. The van der Waals surface area contributed by atoms with Crippen LogP contribution in [0.2, 0.25) is 0 Å². The van der Waals surface area contributed by atoms with Crippen molar-refractivity contribution in [2.75, 3.05) is 32.1 Å². The predicted octanol–water partition coefficient (Wildman–Crippen LogP) is 3.67. The summed E-state index contributed by atoms with van der Waals surface area (Å²) in [6, 6.07) is 13.2. The van der Waals surface area contributed by atoms with Crippen LogP contribution in [0, 0.1) is 11.3 Å². The van der Waals surface area contributed by atoms with Gasteiger partial charge in [-0.05, 0) is 37.7 Å². The molecule has 0 aromatic heterocycles. The van der Waals surface area contributed by atoms with Crippen LogP contribution in [0.15, 0.2) is 51.5 Å². The summed E-state index contributed by atoms with van der Waals surface area (Å²) in [5.74, 6) is 2.64. The summed E-state index contributed by atoms with van der Waals surface area (Å²) in [6.07, 6.45) is 6.46. The van der Waals surface area contributed by atoms with Crippen LogP contribution in [0.5, 0.6) is 0 Å². The summed E-state index contributed by atoms with van der Waals surface area (Å²) in [5.41, 5.74) is 0.695. The van der Waals surface area contributed by atoms with Crippen molar-refractivity contribution in [1.29, 1.82) is 5.26 Å². The third-order valence-electron chi connectivity index (χ3n) is 6.00. The van der Waals surface area contributed by atoms with Crippen molar-refractivity contribution in [1.82, 2.24) is 10.2 Å². The third kappa shape index (κ3) is 5.05. The average Bonchev–Trinajstić information content (AvgIpc) is 2.93. The molecule has 3 aliphatic heterocycles. The van der Waals surface area contributed by atoms with Crippen LogP contribution >= 0.6 is 11.8 Å². The molecule has 0 spiro atoms. The first kappa shape index (κ1) is 21.0. The van der Waals surface area contributed by atoms with Gasteiger partial charge in [0.1, 0.15) is 5.82 Å². The maximum atomic E-state index is 9.97. The van der Waals surface area contributed by atoms with Gasteiger partial charge in [-0.1, -0.05) is 30.3 Å². The Morgan fingerprint density at radius 1 is 1.17 bits per heavy atom. The minimum atomic E-state index is -0.421. The van der Waals surface area contributed by atoms with E-state index in [-0.39, 0.29) is 0 Å². The second-order valence-electron chi connectivity index (χ2n) is 7.96. The second kappa shape index (κ2) is 10.1. The Bertz CT molecular complexity index is 831. The number of aliphatic imine (C=N–C) groups is 2. The minimum absolute atomic E-state index is 0.394. The van der Waals surface area contributed by atoms with Crippen molar-refractivity contribution in [2.45, 2.75) is 43.6 Å². The molecule has 6 nitrogen and oxygen atoms in total. The maximum absolute atomic E-state index is 9.97. The smallest absolute Gasteiger partial charge is 0.226 e. The van der Waals surface area contributed by atoms with Gasteiger partial charge in [0.25, 0.3) is 0 Å². The Labute approximate surface area is 183 Å². The van der Waals surface area contributed by atoms with Gasteiger partial charge < -0.3 is 15.0 Å². The molecule has 2 fully saturated rings. The molecule has 0 saturated carbocycles. The van der Waals surface area contributed by atoms with Crippen molar-refractivity contribution in [3.63, 3.8) is 0 Å². The van der Waals surface area contributed by atoms with Crippen LogP contribution in [0.3, 0.4) is 0 Å². The van der Waals surface area contributed by atoms with Gasteiger partial charge in [0.2, 0.25) is 5.96 Å². The van der Waals surface area contributed by atoms with Gasteiger partial charge >= 0.3 is 0 Å². The molecule has 1 aromatic carbocycles. The Balaban J connectivity index is 1.49. The maximum Gasteiger partial charge on any atom is 0.226 e. The fourth-order valence-corrected chi connectivity index (χ4v) is 4.79. The van der Waals surface area contributed by atoms with Gasteiger partial charge in [0.15, 0.2) is 0 Å². The molecule has 1 aromatic rings. The van der Waals surface area contributed by atoms with Crippen molar-refractivity contribution in [2.24, 2.45) is 9.98 Å². The molecular weight excluding hydrogens is 394 g/mol. The van der Waals surface area contributed by atoms with Gasteiger partial charge in [-0.25, -0.2) is 4.99 Å². The highest BCUT2D eigenvalue weighted by Gasteiger charge is 2.37. The monoisotopic (exact) mass is 423 g/mol. The first-order valence-corrected chi connectivity index (χ1v) is 11.8. The molecule has 158 valence electrons. The minimum Gasteiger partial charge on any atom is -0.381 e. The number of benzene rings is 1. The lowest BCUT2D eigenvalue weighted by Crippen LogP contribution is -2.44. The lowest BCUT2D eigenvalue weighted by atomic mass is 9.74. The quantitative estimate of drug-likeness (QED) is 0.803. The van der Waals surface area contributed by atoms with Crippen molar-refractivity contribution < 1.29 is 4.74 Å². The van der Waals surface area contributed by atoms with Crippen LogP contribution in [-0.2, 0) is 10.2 Å². The fraction of sp³-hybridized carbons (Fsp3) is 0.522. The molecule has 0 aliphatic carbocycles. The Morgan fingerprint density at radius 2 is 1.93 bits per heavy atom. The number of rotatable bonds is 3. The van der Waals surface area contributed by atoms with E-state index in [0.29, 0.717) is 6.04 Å². The Hall–Kier alpha value is -2.30. The second-order valence-corrected chi connectivity index (χ2v) is 8.94. The molecule has 0 bridgehead atoms. The largest absolute Gasteiger partial charge is 0.381 e. The topological polar surface area (TPSA) is 73.0 Å². The predicted molar refractivity (Wildman–Crippen MR) is 123 cm³/mol. The zero-order chi connectivity index (χ0) is 20.7. The lowest BCUT2D eigenvalue weighted by Gasteiger charge is -2.38. The van der Waals surface area contributed by atoms with E-state index in [4.69, 9.17) is 14.7 Å². The van der Waals surface area contributed by atoms with Gasteiger partial charge in [0, 0.05) is 49.7 Å². The number of likely N-dealkylation sites (tertiary alicyclic amines) is 1. The number of guanidine groups is 1. The molecule has 3 heterocycles. The number of ether oxygens (including phenoxy) is 1. The average molecular weight is 424 g/mol. The van der Waals surface area contributed by atoms with E-state index in [9.17, 15) is 5.26 Å². The lowest BCUT2D eigenvalue weighted by molar-refractivity contribution is 0.0803. The molecule has 2 saturated heterocycles. The highest BCUT2D eigenvalue weighted by Crippen LogP contribution is 2.35. The van der Waals surface area contributed by atoms with E-state index in [2.05, 4.69) is 33.8 Å². The van der Waals surface area contributed by atoms with Crippen LogP contribution < -0.4 is 5.32 Å². The van der Waals surface area contributed by atoms with Gasteiger partial charge in [0.05, 0.1) is 11.5 Å². The van der Waals surface area contributed by atoms with Crippen molar-refractivity contribution in [3.05, 3.63) is 47.1 Å². The van der Waals surface area contributed by atoms with E-state index in [1.54, 1.807) is 11.8 Å². The molecule has 3 aliphatic rings. The number of nitriles is 1. The summed E-state index contributed by atoms with van der Waals surface area (Å²) in [4.78, 5) is 11.8. The number of hydrogen-bond acceptors (Lipinski definition) is 7. The summed E-state index contributed by atoms with van der Waals surface area (Å²) in [5, 5.41) is 15.7. The number of hydrogen-bond donors (Lipinski definition) is 1. The Kier molecular flexibility index (Phi) is 7.08. The van der Waals surface area contributed by atoms with Crippen LogP contribution in [0.4, 0.5) is 0 Å². The Morgan fingerprint density at radius 3 is 2.67 bits per heavy atom. The third-order valence-corrected chi connectivity index (χ3v) is 6.86. The van der Waals surface area contributed by atoms with E-state index in [1.807, 2.05) is 24.4 Å². The van der Waals surface area contributed by atoms with Crippen molar-refractivity contribution >= 4 is 23.9 Å². The number of thioether (sulfide) groups is 1. The number of nitrogens with one attached hydrogen (secondary N) is 1. The molecule has 0 radical (unpaired) electrons. The van der Waals surface area contributed by atoms with Crippen LogP contribution in [0.25, 0.3) is 0 Å². The number of nitrogens with zero attached hydrogens (tertiary/aromatic N) is 4. The number of piperidine rings is 1. The molecule has 0 unspecified atom stereocenters. The summed E-state index contributed by atoms with van der Waals surface area (Å²) >= 11 is 1.77. The van der Waals surface area contributed by atoms with Gasteiger partial charge in [-0.2, -0.15) is 10.3 Å². The molecule has 30 heavy (non-hydrogen) atoms. The summed E-state index contributed by atoms with van der Waals surface area (Å²) < 4.78 is 5.48. The van der Waals surface area contributed by atoms with Crippen LogP contribution in [0.1, 0.15) is 37.7 Å². The van der Waals surface area contributed by atoms with Crippen LogP contribution in [-0.4, -0.2) is 55.2 Å². The highest BCUT2D eigenvalue weighted by atomic mass is 32.2. The van der Waals surface area contributed by atoms with E-state index in [1.165, 1.54) is 0 Å².